The molecule has 1 aliphatic heterocycles. The van der Waals surface area contributed by atoms with E-state index in [0.717, 1.165) is 33.8 Å². The van der Waals surface area contributed by atoms with Gasteiger partial charge in [0.05, 0.1) is 27.8 Å². The fourth-order valence-corrected chi connectivity index (χ4v) is 8.46. The van der Waals surface area contributed by atoms with E-state index >= 15 is 0 Å². The molecule has 8 aromatic carbocycles. The fraction of sp³-hybridized carbons (Fsp3) is 0.0208. The fourth-order valence-electron chi connectivity index (χ4n) is 8.46. The summed E-state index contributed by atoms with van der Waals surface area (Å²) in [7, 11) is 0. The smallest absolute Gasteiger partial charge is 0.145 e. The maximum absolute atomic E-state index is 5.25. The Morgan fingerprint density at radius 2 is 0.923 bits per heavy atom. The van der Waals surface area contributed by atoms with Gasteiger partial charge < -0.3 is 14.5 Å². The summed E-state index contributed by atoms with van der Waals surface area (Å²) in [5, 5.41) is 11.3. The Labute approximate surface area is 300 Å². The molecule has 244 valence electrons. The van der Waals surface area contributed by atoms with Crippen LogP contribution in [0, 0.1) is 0 Å². The largest absolute Gasteiger partial charge is 0.360 e. The third kappa shape index (κ3) is 4.25. The van der Waals surface area contributed by atoms with E-state index in [1.807, 2.05) is 0 Å². The summed E-state index contributed by atoms with van der Waals surface area (Å²) >= 11 is 0. The number of anilines is 1. The normalized spacial score (nSPS) is 14.2. The van der Waals surface area contributed by atoms with Crippen molar-refractivity contribution in [3.8, 4) is 11.4 Å². The Hall–Kier alpha value is -6.91. The molecular weight excluding hydrogens is 633 g/mol. The van der Waals surface area contributed by atoms with Crippen LogP contribution in [0.1, 0.15) is 22.9 Å². The molecule has 0 saturated carbocycles. The Balaban J connectivity index is 1.08. The van der Waals surface area contributed by atoms with Gasteiger partial charge >= 0.3 is 0 Å². The minimum absolute atomic E-state index is 0.193. The van der Waals surface area contributed by atoms with E-state index in [1.54, 1.807) is 0 Å². The van der Waals surface area contributed by atoms with Crippen molar-refractivity contribution in [2.45, 2.75) is 6.17 Å². The molecule has 0 amide bonds. The lowest BCUT2D eigenvalue weighted by atomic mass is 9.97. The molecule has 0 saturated heterocycles. The van der Waals surface area contributed by atoms with Gasteiger partial charge in [-0.15, -0.1) is 0 Å². The minimum Gasteiger partial charge on any atom is -0.360 e. The average Bonchev–Trinajstić information content (AvgIpc) is 3.74. The molecular formula is C48H32N4. The van der Waals surface area contributed by atoms with Gasteiger partial charge in [0.15, 0.2) is 0 Å². The Kier molecular flexibility index (Phi) is 6.28. The number of nitrogens with one attached hydrogen (secondary N) is 1. The predicted molar refractivity (Wildman–Crippen MR) is 218 cm³/mol. The number of hydrogen-bond acceptors (Lipinski definition) is 2. The van der Waals surface area contributed by atoms with Gasteiger partial charge in [-0.1, -0.05) is 127 Å². The molecule has 11 rings (SSSR count). The number of nitrogens with zero attached hydrogens (tertiary/aromatic N) is 3. The van der Waals surface area contributed by atoms with Crippen molar-refractivity contribution in [3.05, 3.63) is 199 Å². The van der Waals surface area contributed by atoms with Crippen LogP contribution in [0.15, 0.2) is 187 Å². The maximum Gasteiger partial charge on any atom is 0.145 e. The second-order valence-corrected chi connectivity index (χ2v) is 13.6. The first-order valence-electron chi connectivity index (χ1n) is 17.8. The van der Waals surface area contributed by atoms with E-state index in [2.05, 4.69) is 196 Å². The van der Waals surface area contributed by atoms with Crippen LogP contribution < -0.4 is 5.32 Å². The zero-order valence-corrected chi connectivity index (χ0v) is 28.2. The highest BCUT2D eigenvalue weighted by Gasteiger charge is 2.23. The van der Waals surface area contributed by atoms with Crippen molar-refractivity contribution in [2.24, 2.45) is 4.99 Å². The van der Waals surface area contributed by atoms with Gasteiger partial charge in [-0.2, -0.15) is 0 Å². The number of para-hydroxylation sites is 4. The second-order valence-electron chi connectivity index (χ2n) is 13.6. The molecule has 1 unspecified atom stereocenters. The van der Waals surface area contributed by atoms with Gasteiger partial charge in [-0.3, -0.25) is 4.99 Å². The van der Waals surface area contributed by atoms with E-state index in [1.165, 1.54) is 60.1 Å². The quantitative estimate of drug-likeness (QED) is 0.200. The van der Waals surface area contributed by atoms with Crippen molar-refractivity contribution in [2.75, 3.05) is 5.32 Å². The van der Waals surface area contributed by atoms with Crippen LogP contribution in [-0.4, -0.2) is 14.8 Å². The number of rotatable bonds is 4. The zero-order valence-electron chi connectivity index (χ0n) is 28.2. The first-order chi connectivity index (χ1) is 25.8. The summed E-state index contributed by atoms with van der Waals surface area (Å²) in [6.07, 6.45) is -0.193. The van der Waals surface area contributed by atoms with Crippen molar-refractivity contribution in [1.29, 1.82) is 0 Å². The molecule has 4 nitrogen and oxygen atoms in total. The van der Waals surface area contributed by atoms with Crippen molar-refractivity contribution < 1.29 is 0 Å². The molecule has 10 aromatic rings. The minimum atomic E-state index is -0.193. The maximum atomic E-state index is 5.25. The first kappa shape index (κ1) is 28.9. The molecule has 0 fully saturated rings. The molecule has 0 spiro atoms. The number of aliphatic imine (C=N–C) groups is 1. The third-order valence-electron chi connectivity index (χ3n) is 10.7. The molecule has 2 aromatic heterocycles. The van der Waals surface area contributed by atoms with Crippen LogP contribution in [0.3, 0.4) is 0 Å². The summed E-state index contributed by atoms with van der Waals surface area (Å²) < 4.78 is 4.80. The van der Waals surface area contributed by atoms with Gasteiger partial charge in [-0.05, 0) is 70.9 Å². The molecule has 1 atom stereocenters. The van der Waals surface area contributed by atoms with E-state index in [0.29, 0.717) is 0 Å². The van der Waals surface area contributed by atoms with Gasteiger partial charge in [0.25, 0.3) is 0 Å². The number of benzene rings is 8. The van der Waals surface area contributed by atoms with Crippen LogP contribution in [0.4, 0.5) is 5.69 Å². The molecule has 0 aliphatic carbocycles. The van der Waals surface area contributed by atoms with Gasteiger partial charge in [-0.25, -0.2) is 0 Å². The van der Waals surface area contributed by atoms with E-state index in [-0.39, 0.29) is 6.17 Å². The highest BCUT2D eigenvalue weighted by Crippen LogP contribution is 2.42. The summed E-state index contributed by atoms with van der Waals surface area (Å²) in [5.41, 5.74) is 12.6. The molecule has 1 aliphatic rings. The van der Waals surface area contributed by atoms with E-state index < -0.39 is 0 Å². The molecule has 3 heterocycles. The van der Waals surface area contributed by atoms with Crippen molar-refractivity contribution in [1.82, 2.24) is 9.13 Å². The second kappa shape index (κ2) is 11.3. The van der Waals surface area contributed by atoms with Gasteiger partial charge in [0.1, 0.15) is 6.17 Å². The highest BCUT2D eigenvalue weighted by atomic mass is 15.1. The van der Waals surface area contributed by atoms with E-state index in [9.17, 15) is 0 Å². The summed E-state index contributed by atoms with van der Waals surface area (Å²) in [6.45, 7) is 0. The average molecular weight is 665 g/mol. The van der Waals surface area contributed by atoms with Crippen LogP contribution in [0.5, 0.6) is 0 Å². The zero-order chi connectivity index (χ0) is 34.2. The number of aromatic nitrogens is 2. The van der Waals surface area contributed by atoms with Crippen LogP contribution in [-0.2, 0) is 0 Å². The topological polar surface area (TPSA) is 34.2 Å². The molecule has 1 N–H and O–H groups in total. The van der Waals surface area contributed by atoms with Crippen LogP contribution in [0.25, 0.3) is 65.8 Å². The monoisotopic (exact) mass is 664 g/mol. The SMILES string of the molecule is c1ccc(C2=NC(c3ccc(-n4c5ccccc5c5c6ccc7c(c6ccc54)c4ccccc4n7-c4ccccc4)cc3)Nc3ccccc32)cc1. The number of fused-ring (bicyclic) bond motifs is 10. The van der Waals surface area contributed by atoms with Crippen LogP contribution in [0.2, 0.25) is 0 Å². The van der Waals surface area contributed by atoms with Gasteiger partial charge in [0.2, 0.25) is 0 Å². The lowest BCUT2D eigenvalue weighted by Crippen LogP contribution is -2.20. The molecule has 0 bridgehead atoms. The lowest BCUT2D eigenvalue weighted by Gasteiger charge is -2.26. The summed E-state index contributed by atoms with van der Waals surface area (Å²) in [6, 6.07) is 65.4. The van der Waals surface area contributed by atoms with Crippen LogP contribution >= 0.6 is 0 Å². The Bertz CT molecular complexity index is 3020. The molecule has 0 radical (unpaired) electrons. The summed E-state index contributed by atoms with van der Waals surface area (Å²) in [4.78, 5) is 5.25. The highest BCUT2D eigenvalue weighted by molar-refractivity contribution is 6.29. The third-order valence-corrected chi connectivity index (χ3v) is 10.7. The predicted octanol–water partition coefficient (Wildman–Crippen LogP) is 12.0. The summed E-state index contributed by atoms with van der Waals surface area (Å²) in [5.74, 6) is 0. The Morgan fingerprint density at radius 1 is 0.404 bits per heavy atom. The first-order valence-corrected chi connectivity index (χ1v) is 17.8. The lowest BCUT2D eigenvalue weighted by molar-refractivity contribution is 0.827. The molecule has 52 heavy (non-hydrogen) atoms. The standard InChI is InChI=1S/C48H32N4/c1-3-13-31(14-4-1)47-37-17-7-10-20-40(37)49-48(50-47)32-23-25-34(26-24-32)52-42-22-12-9-19-39(42)46-36-27-29-43-45(35(36)28-30-44(46)52)38-18-8-11-21-41(38)51(43)33-15-5-2-6-16-33/h1-30,48-49H. The van der Waals surface area contributed by atoms with Crippen molar-refractivity contribution >= 4 is 65.8 Å². The molecule has 4 heteroatoms. The number of hydrogen-bond donors (Lipinski definition) is 1. The van der Waals surface area contributed by atoms with E-state index in [4.69, 9.17) is 4.99 Å². The van der Waals surface area contributed by atoms with Crippen molar-refractivity contribution in [3.63, 3.8) is 0 Å². The van der Waals surface area contributed by atoms with Gasteiger partial charge in [0, 0.05) is 49.7 Å². The Morgan fingerprint density at radius 3 is 1.56 bits per heavy atom.